The van der Waals surface area contributed by atoms with Gasteiger partial charge in [0.25, 0.3) is 0 Å². The highest BCUT2D eigenvalue weighted by Gasteiger charge is 2.08. The molecule has 7 heteroatoms. The van der Waals surface area contributed by atoms with Crippen LogP contribution in [0.5, 0.6) is 5.75 Å². The van der Waals surface area contributed by atoms with Gasteiger partial charge in [0, 0.05) is 0 Å². The van der Waals surface area contributed by atoms with Gasteiger partial charge in [0.05, 0.1) is 18.6 Å². The van der Waals surface area contributed by atoms with Crippen LogP contribution in [0.4, 0.5) is 17.6 Å². The zero-order valence-corrected chi connectivity index (χ0v) is 16.1. The minimum atomic E-state index is 0.210. The standard InChI is InChI=1S/C20H23N5OS/c1-26-17-12-6-5-11-16(17)22-20-24-18(23-19(21)25-20)14-27-13-7-10-15-8-3-2-4-9-15/h2-6,8-9,11-12H,7,10,13-14H2,1H3,(H3,21,22,23,24,25). The maximum Gasteiger partial charge on any atom is 0.232 e. The van der Waals surface area contributed by atoms with Gasteiger partial charge in [-0.25, -0.2) is 0 Å². The number of thioether (sulfide) groups is 1. The molecule has 0 atom stereocenters. The Morgan fingerprint density at radius 2 is 1.78 bits per heavy atom. The van der Waals surface area contributed by atoms with E-state index in [0.717, 1.165) is 24.3 Å². The molecule has 0 aliphatic heterocycles. The van der Waals surface area contributed by atoms with Crippen LogP contribution in [-0.4, -0.2) is 27.8 Å². The molecule has 0 aliphatic carbocycles. The Kier molecular flexibility index (Phi) is 6.87. The lowest BCUT2D eigenvalue weighted by Crippen LogP contribution is -2.07. The molecule has 0 fully saturated rings. The summed E-state index contributed by atoms with van der Waals surface area (Å²) in [6.07, 6.45) is 2.19. The molecular formula is C20H23N5OS. The number of para-hydroxylation sites is 2. The van der Waals surface area contributed by atoms with Crippen molar-refractivity contribution in [3.8, 4) is 5.75 Å². The number of benzene rings is 2. The molecule has 140 valence electrons. The van der Waals surface area contributed by atoms with Crippen LogP contribution in [0.1, 0.15) is 17.8 Å². The van der Waals surface area contributed by atoms with Crippen molar-refractivity contribution >= 4 is 29.3 Å². The number of aryl methyl sites for hydroxylation is 1. The molecule has 2 aromatic carbocycles. The van der Waals surface area contributed by atoms with Gasteiger partial charge in [-0.15, -0.1) is 0 Å². The summed E-state index contributed by atoms with van der Waals surface area (Å²) in [6.45, 7) is 0. The summed E-state index contributed by atoms with van der Waals surface area (Å²) in [6, 6.07) is 18.1. The molecule has 0 bridgehead atoms. The highest BCUT2D eigenvalue weighted by molar-refractivity contribution is 7.98. The first kappa shape index (κ1) is 19.0. The summed E-state index contributed by atoms with van der Waals surface area (Å²) < 4.78 is 5.34. The first-order valence-corrected chi connectivity index (χ1v) is 9.92. The molecule has 0 spiro atoms. The summed E-state index contributed by atoms with van der Waals surface area (Å²) in [5.41, 5.74) is 8.00. The number of rotatable bonds is 9. The average Bonchev–Trinajstić information content (AvgIpc) is 2.68. The van der Waals surface area contributed by atoms with E-state index in [-0.39, 0.29) is 5.95 Å². The Labute approximate surface area is 163 Å². The predicted octanol–water partition coefficient (Wildman–Crippen LogP) is 4.07. The van der Waals surface area contributed by atoms with E-state index < -0.39 is 0 Å². The second kappa shape index (κ2) is 9.78. The summed E-state index contributed by atoms with van der Waals surface area (Å²) in [7, 11) is 1.62. The zero-order chi connectivity index (χ0) is 18.9. The Hall–Kier alpha value is -2.80. The molecule has 0 amide bonds. The van der Waals surface area contributed by atoms with Crippen molar-refractivity contribution in [3.63, 3.8) is 0 Å². The fraction of sp³-hybridized carbons (Fsp3) is 0.250. The fourth-order valence-electron chi connectivity index (χ4n) is 2.61. The van der Waals surface area contributed by atoms with Gasteiger partial charge in [0.1, 0.15) is 11.6 Å². The van der Waals surface area contributed by atoms with Crippen LogP contribution in [-0.2, 0) is 12.2 Å². The molecule has 27 heavy (non-hydrogen) atoms. The highest BCUT2D eigenvalue weighted by Crippen LogP contribution is 2.26. The molecule has 1 aromatic heterocycles. The maximum atomic E-state index is 5.85. The van der Waals surface area contributed by atoms with Crippen molar-refractivity contribution in [2.75, 3.05) is 23.9 Å². The fourth-order valence-corrected chi connectivity index (χ4v) is 3.42. The number of aromatic nitrogens is 3. The lowest BCUT2D eigenvalue weighted by Gasteiger charge is -2.10. The molecule has 3 N–H and O–H groups in total. The Morgan fingerprint density at radius 1 is 1.00 bits per heavy atom. The number of nitrogens with one attached hydrogen (secondary N) is 1. The van der Waals surface area contributed by atoms with E-state index in [1.165, 1.54) is 5.56 Å². The minimum Gasteiger partial charge on any atom is -0.495 e. The van der Waals surface area contributed by atoms with E-state index in [4.69, 9.17) is 10.5 Å². The number of nitrogen functional groups attached to an aromatic ring is 1. The quantitative estimate of drug-likeness (QED) is 0.540. The largest absolute Gasteiger partial charge is 0.495 e. The molecule has 0 saturated carbocycles. The third kappa shape index (κ3) is 5.86. The average molecular weight is 382 g/mol. The molecule has 0 radical (unpaired) electrons. The first-order valence-electron chi connectivity index (χ1n) is 8.77. The minimum absolute atomic E-state index is 0.210. The second-order valence-corrected chi connectivity index (χ2v) is 7.01. The molecule has 1 heterocycles. The Morgan fingerprint density at radius 3 is 2.59 bits per heavy atom. The number of ether oxygens (including phenoxy) is 1. The van der Waals surface area contributed by atoms with Gasteiger partial charge in [-0.1, -0.05) is 42.5 Å². The summed E-state index contributed by atoms with van der Waals surface area (Å²) in [4.78, 5) is 12.9. The van der Waals surface area contributed by atoms with Crippen LogP contribution in [0.15, 0.2) is 54.6 Å². The number of nitrogens with zero attached hydrogens (tertiary/aromatic N) is 3. The number of methoxy groups -OCH3 is 1. The van der Waals surface area contributed by atoms with Gasteiger partial charge in [0.2, 0.25) is 11.9 Å². The van der Waals surface area contributed by atoms with Crippen LogP contribution < -0.4 is 15.8 Å². The molecular weight excluding hydrogens is 358 g/mol. The SMILES string of the molecule is COc1ccccc1Nc1nc(N)nc(CSCCCc2ccccc2)n1. The first-order chi connectivity index (χ1) is 13.2. The van der Waals surface area contributed by atoms with Crippen molar-refractivity contribution in [2.24, 2.45) is 0 Å². The van der Waals surface area contributed by atoms with Gasteiger partial charge >= 0.3 is 0 Å². The van der Waals surface area contributed by atoms with E-state index in [0.29, 0.717) is 23.3 Å². The molecule has 0 aliphatic rings. The summed E-state index contributed by atoms with van der Waals surface area (Å²) in [5, 5.41) is 3.15. The third-order valence-corrected chi connectivity index (χ3v) is 4.92. The lowest BCUT2D eigenvalue weighted by atomic mass is 10.1. The highest BCUT2D eigenvalue weighted by atomic mass is 32.2. The van der Waals surface area contributed by atoms with Crippen molar-refractivity contribution in [1.29, 1.82) is 0 Å². The molecule has 3 rings (SSSR count). The Bertz CT molecular complexity index is 860. The smallest absolute Gasteiger partial charge is 0.232 e. The van der Waals surface area contributed by atoms with Crippen LogP contribution in [0, 0.1) is 0 Å². The van der Waals surface area contributed by atoms with E-state index in [1.807, 2.05) is 30.3 Å². The van der Waals surface area contributed by atoms with Crippen molar-refractivity contribution in [2.45, 2.75) is 18.6 Å². The third-order valence-electron chi connectivity index (χ3n) is 3.88. The Balaban J connectivity index is 1.54. The van der Waals surface area contributed by atoms with Gasteiger partial charge in [0.15, 0.2) is 0 Å². The van der Waals surface area contributed by atoms with E-state index in [1.54, 1.807) is 18.9 Å². The van der Waals surface area contributed by atoms with Crippen molar-refractivity contribution in [3.05, 3.63) is 66.0 Å². The number of nitrogens with two attached hydrogens (primary N) is 1. The van der Waals surface area contributed by atoms with Gasteiger partial charge < -0.3 is 15.8 Å². The van der Waals surface area contributed by atoms with Gasteiger partial charge in [-0.05, 0) is 36.3 Å². The molecule has 0 saturated heterocycles. The van der Waals surface area contributed by atoms with Crippen LogP contribution >= 0.6 is 11.8 Å². The molecule has 0 unspecified atom stereocenters. The van der Waals surface area contributed by atoms with Crippen LogP contribution in [0.25, 0.3) is 0 Å². The topological polar surface area (TPSA) is 86.0 Å². The monoisotopic (exact) mass is 381 g/mol. The summed E-state index contributed by atoms with van der Waals surface area (Å²) in [5.74, 6) is 3.75. The maximum absolute atomic E-state index is 5.85. The van der Waals surface area contributed by atoms with Gasteiger partial charge in [-0.3, -0.25) is 0 Å². The predicted molar refractivity (Wildman–Crippen MR) is 111 cm³/mol. The number of hydrogen-bond donors (Lipinski definition) is 2. The second-order valence-electron chi connectivity index (χ2n) is 5.90. The van der Waals surface area contributed by atoms with E-state index >= 15 is 0 Å². The number of anilines is 3. The lowest BCUT2D eigenvalue weighted by molar-refractivity contribution is 0.417. The normalized spacial score (nSPS) is 10.6. The van der Waals surface area contributed by atoms with E-state index in [2.05, 4.69) is 44.5 Å². The zero-order valence-electron chi connectivity index (χ0n) is 15.3. The van der Waals surface area contributed by atoms with Crippen LogP contribution in [0.2, 0.25) is 0 Å². The van der Waals surface area contributed by atoms with Crippen LogP contribution in [0.3, 0.4) is 0 Å². The summed E-state index contributed by atoms with van der Waals surface area (Å²) >= 11 is 1.80. The van der Waals surface area contributed by atoms with Crippen molar-refractivity contribution in [1.82, 2.24) is 15.0 Å². The molecule has 3 aromatic rings. The molecule has 6 nitrogen and oxygen atoms in total. The number of hydrogen-bond acceptors (Lipinski definition) is 7. The van der Waals surface area contributed by atoms with Crippen molar-refractivity contribution < 1.29 is 4.74 Å². The van der Waals surface area contributed by atoms with E-state index in [9.17, 15) is 0 Å². The van der Waals surface area contributed by atoms with Gasteiger partial charge in [-0.2, -0.15) is 26.7 Å².